The highest BCUT2D eigenvalue weighted by Crippen LogP contribution is 2.32. The van der Waals surface area contributed by atoms with Crippen LogP contribution >= 0.6 is 0 Å². The largest absolute Gasteiger partial charge is 0.548 e. The highest BCUT2D eigenvalue weighted by atomic mass is 32.2. The minimum Gasteiger partial charge on any atom is -0.548 e. The Morgan fingerprint density at radius 3 is 2.60 bits per heavy atom. The Kier molecular flexibility index (Phi) is 3.75. The maximum Gasteiger partial charge on any atom is 0.407 e. The lowest BCUT2D eigenvalue weighted by atomic mass is 10.2. The van der Waals surface area contributed by atoms with Crippen molar-refractivity contribution in [1.82, 2.24) is 5.32 Å². The molecule has 0 unspecified atom stereocenters. The molecule has 2 rings (SSSR count). The number of ether oxygens (including phenoxy) is 1. The SMILES string of the molecule is O=C([O-])CNC(=O)OCC1=Cc2ccccc2S1(=O)=O. The molecule has 8 heteroatoms. The third-order valence-electron chi connectivity index (χ3n) is 2.59. The molecule has 1 aromatic rings. The molecule has 1 aromatic carbocycles. The van der Waals surface area contributed by atoms with Crippen molar-refractivity contribution in [3.8, 4) is 0 Å². The van der Waals surface area contributed by atoms with Crippen molar-refractivity contribution in [2.45, 2.75) is 4.90 Å². The van der Waals surface area contributed by atoms with E-state index in [1.165, 1.54) is 12.1 Å². The Bertz CT molecular complexity index is 692. The summed E-state index contributed by atoms with van der Waals surface area (Å²) in [5, 5.41) is 12.0. The van der Waals surface area contributed by atoms with Crippen LogP contribution in [0, 0.1) is 0 Å². The summed E-state index contributed by atoms with van der Waals surface area (Å²) in [6, 6.07) is 6.39. The van der Waals surface area contributed by atoms with Crippen LogP contribution in [0.15, 0.2) is 34.1 Å². The zero-order valence-electron chi connectivity index (χ0n) is 10.2. The highest BCUT2D eigenvalue weighted by Gasteiger charge is 2.29. The van der Waals surface area contributed by atoms with Crippen molar-refractivity contribution in [3.05, 3.63) is 34.7 Å². The lowest BCUT2D eigenvalue weighted by Crippen LogP contribution is -2.38. The van der Waals surface area contributed by atoms with Crippen molar-refractivity contribution in [2.75, 3.05) is 13.2 Å². The predicted molar refractivity (Wildman–Crippen MR) is 66.0 cm³/mol. The number of sulfone groups is 1. The van der Waals surface area contributed by atoms with Crippen LogP contribution in [0.3, 0.4) is 0 Å². The molecule has 0 saturated carbocycles. The van der Waals surface area contributed by atoms with Crippen molar-refractivity contribution < 1.29 is 27.9 Å². The first-order valence-electron chi connectivity index (χ1n) is 5.56. The number of aliphatic carboxylic acids is 1. The minimum atomic E-state index is -3.65. The Hall–Kier alpha value is -2.35. The van der Waals surface area contributed by atoms with Crippen LogP contribution in [0.5, 0.6) is 0 Å². The van der Waals surface area contributed by atoms with Gasteiger partial charge in [0.25, 0.3) is 0 Å². The molecule has 0 atom stereocenters. The molecule has 1 N–H and O–H groups in total. The van der Waals surface area contributed by atoms with Crippen molar-refractivity contribution in [1.29, 1.82) is 0 Å². The number of carboxylic acid groups (broad SMARTS) is 1. The summed E-state index contributed by atoms with van der Waals surface area (Å²) >= 11 is 0. The van der Waals surface area contributed by atoms with Crippen LogP contribution in [0.2, 0.25) is 0 Å². The van der Waals surface area contributed by atoms with E-state index in [2.05, 4.69) is 4.74 Å². The highest BCUT2D eigenvalue weighted by molar-refractivity contribution is 7.95. The Morgan fingerprint density at radius 2 is 1.95 bits per heavy atom. The van der Waals surface area contributed by atoms with Crippen LogP contribution in [0.4, 0.5) is 4.79 Å². The van der Waals surface area contributed by atoms with E-state index >= 15 is 0 Å². The summed E-state index contributed by atoms with van der Waals surface area (Å²) in [6.07, 6.45) is 0.387. The molecule has 1 aliphatic rings. The minimum absolute atomic E-state index is 0.0534. The summed E-state index contributed by atoms with van der Waals surface area (Å²) in [6.45, 7) is -1.17. The van der Waals surface area contributed by atoms with E-state index < -0.39 is 35.1 Å². The first-order chi connectivity index (χ1) is 9.41. The second kappa shape index (κ2) is 5.33. The van der Waals surface area contributed by atoms with Gasteiger partial charge in [0.2, 0.25) is 9.84 Å². The number of amides is 1. The molecule has 0 spiro atoms. The van der Waals surface area contributed by atoms with E-state index in [4.69, 9.17) is 0 Å². The fourth-order valence-electron chi connectivity index (χ4n) is 1.69. The monoisotopic (exact) mass is 296 g/mol. The first-order valence-corrected chi connectivity index (χ1v) is 7.05. The number of hydrogen-bond donors (Lipinski definition) is 1. The summed E-state index contributed by atoms with van der Waals surface area (Å²) in [5.74, 6) is -1.47. The van der Waals surface area contributed by atoms with Gasteiger partial charge in [0.1, 0.15) is 6.61 Å². The summed E-state index contributed by atoms with van der Waals surface area (Å²) in [5.41, 5.74) is 0.529. The molecule has 0 fully saturated rings. The lowest BCUT2D eigenvalue weighted by Gasteiger charge is -2.08. The fourth-order valence-corrected chi connectivity index (χ4v) is 3.16. The maximum absolute atomic E-state index is 12.1. The van der Waals surface area contributed by atoms with Crippen LogP contribution < -0.4 is 10.4 Å². The van der Waals surface area contributed by atoms with Gasteiger partial charge in [-0.25, -0.2) is 13.2 Å². The Labute approximate surface area is 114 Å². The molecule has 0 saturated heterocycles. The van der Waals surface area contributed by atoms with Gasteiger partial charge in [0.15, 0.2) is 0 Å². The van der Waals surface area contributed by atoms with Crippen LogP contribution in [0.1, 0.15) is 5.56 Å². The van der Waals surface area contributed by atoms with Crippen molar-refractivity contribution >= 4 is 28.0 Å². The molecule has 7 nitrogen and oxygen atoms in total. The van der Waals surface area contributed by atoms with Gasteiger partial charge in [0.05, 0.1) is 22.3 Å². The second-order valence-electron chi connectivity index (χ2n) is 3.95. The zero-order chi connectivity index (χ0) is 14.8. The molecular weight excluding hydrogens is 286 g/mol. The van der Waals surface area contributed by atoms with Gasteiger partial charge in [-0.3, -0.25) is 0 Å². The summed E-state index contributed by atoms with van der Waals surface area (Å²) in [7, 11) is -3.65. The number of carbonyl (C=O) groups is 2. The number of fused-ring (bicyclic) bond motifs is 1. The van der Waals surface area contributed by atoms with Crippen molar-refractivity contribution in [2.24, 2.45) is 0 Å². The standard InChI is InChI=1S/C12H11NO6S/c14-11(15)6-13-12(16)19-7-9-5-8-3-1-2-4-10(8)20(9,17)18/h1-5H,6-7H2,(H,13,16)(H,14,15)/p-1. The first kappa shape index (κ1) is 14.1. The van der Waals surface area contributed by atoms with E-state index in [0.717, 1.165) is 0 Å². The number of alkyl carbamates (subject to hydrolysis) is 1. The van der Waals surface area contributed by atoms with E-state index in [9.17, 15) is 23.1 Å². The predicted octanol–water partition coefficient (Wildman–Crippen LogP) is -0.709. The van der Waals surface area contributed by atoms with Crippen LogP contribution in [-0.2, 0) is 19.4 Å². The van der Waals surface area contributed by atoms with E-state index in [0.29, 0.717) is 5.56 Å². The van der Waals surface area contributed by atoms with E-state index in [1.54, 1.807) is 18.2 Å². The number of benzene rings is 1. The van der Waals surface area contributed by atoms with Gasteiger partial charge in [0, 0.05) is 0 Å². The molecule has 0 aliphatic carbocycles. The molecule has 106 valence electrons. The van der Waals surface area contributed by atoms with Gasteiger partial charge < -0.3 is 20.0 Å². The number of carboxylic acids is 1. The summed E-state index contributed by atoms with van der Waals surface area (Å²) < 4.78 is 28.8. The quantitative estimate of drug-likeness (QED) is 0.785. The van der Waals surface area contributed by atoms with E-state index in [1.807, 2.05) is 5.32 Å². The van der Waals surface area contributed by atoms with Crippen LogP contribution in [-0.4, -0.2) is 33.6 Å². The molecule has 0 radical (unpaired) electrons. The average molecular weight is 296 g/mol. The molecule has 1 heterocycles. The number of rotatable bonds is 4. The summed E-state index contributed by atoms with van der Waals surface area (Å²) in [4.78, 5) is 21.4. The zero-order valence-corrected chi connectivity index (χ0v) is 11.0. The molecule has 0 bridgehead atoms. The van der Waals surface area contributed by atoms with Gasteiger partial charge in [-0.15, -0.1) is 0 Å². The topological polar surface area (TPSA) is 113 Å². The smallest absolute Gasteiger partial charge is 0.407 e. The van der Waals surface area contributed by atoms with Gasteiger partial charge in [-0.1, -0.05) is 18.2 Å². The van der Waals surface area contributed by atoms with Gasteiger partial charge >= 0.3 is 6.09 Å². The molecule has 0 aromatic heterocycles. The number of nitrogens with one attached hydrogen (secondary N) is 1. The second-order valence-corrected chi connectivity index (χ2v) is 5.92. The lowest BCUT2D eigenvalue weighted by molar-refractivity contribution is -0.303. The Balaban J connectivity index is 2.02. The fraction of sp³-hybridized carbons (Fsp3) is 0.167. The maximum atomic E-state index is 12.1. The van der Waals surface area contributed by atoms with Crippen molar-refractivity contribution in [3.63, 3.8) is 0 Å². The van der Waals surface area contributed by atoms with Crippen LogP contribution in [0.25, 0.3) is 6.08 Å². The van der Waals surface area contributed by atoms with Gasteiger partial charge in [-0.05, 0) is 17.7 Å². The molecular formula is C12H10NO6S-. The third-order valence-corrected chi connectivity index (χ3v) is 4.47. The average Bonchev–Trinajstić information content (AvgIpc) is 2.66. The molecule has 1 amide bonds. The molecule has 20 heavy (non-hydrogen) atoms. The van der Waals surface area contributed by atoms with E-state index in [-0.39, 0.29) is 9.80 Å². The van der Waals surface area contributed by atoms with Gasteiger partial charge in [-0.2, -0.15) is 0 Å². The Morgan fingerprint density at radius 1 is 1.25 bits per heavy atom. The number of hydrogen-bond acceptors (Lipinski definition) is 6. The number of carbonyl (C=O) groups excluding carboxylic acids is 2. The molecule has 1 aliphatic heterocycles. The third kappa shape index (κ3) is 2.80. The normalized spacial score (nSPS) is 15.1.